The highest BCUT2D eigenvalue weighted by atomic mass is 32.2. The fourth-order valence-electron chi connectivity index (χ4n) is 1.80. The van der Waals surface area contributed by atoms with E-state index in [1.54, 1.807) is 0 Å². The van der Waals surface area contributed by atoms with Gasteiger partial charge in [-0.15, -0.1) is 0 Å². The molecule has 1 heterocycles. The lowest BCUT2D eigenvalue weighted by Crippen LogP contribution is -2.51. The van der Waals surface area contributed by atoms with Gasteiger partial charge in [0.2, 0.25) is 0 Å². The normalized spacial score (nSPS) is 28.8. The number of nitrogens with one attached hydrogen (secondary N) is 1. The summed E-state index contributed by atoms with van der Waals surface area (Å²) in [5.74, 6) is 2.59. The number of thioether (sulfide) groups is 1. The highest BCUT2D eigenvalue weighted by Crippen LogP contribution is 2.18. The van der Waals surface area contributed by atoms with Crippen LogP contribution >= 0.6 is 11.8 Å². The highest BCUT2D eigenvalue weighted by molar-refractivity contribution is 7.99. The Balaban J connectivity index is 2.45. The zero-order valence-electron chi connectivity index (χ0n) is 8.34. The molecule has 3 heteroatoms. The van der Waals surface area contributed by atoms with Gasteiger partial charge in [-0.1, -0.05) is 6.92 Å². The van der Waals surface area contributed by atoms with Crippen molar-refractivity contribution in [2.75, 3.05) is 32.1 Å². The summed E-state index contributed by atoms with van der Waals surface area (Å²) in [6.45, 7) is 3.50. The Morgan fingerprint density at radius 2 is 2.42 bits per heavy atom. The zero-order chi connectivity index (χ0) is 8.97. The summed E-state index contributed by atoms with van der Waals surface area (Å²) >= 11 is 2.08. The molecule has 0 amide bonds. The molecule has 72 valence electrons. The predicted molar refractivity (Wildman–Crippen MR) is 56.9 cm³/mol. The Morgan fingerprint density at radius 1 is 1.67 bits per heavy atom. The third kappa shape index (κ3) is 2.38. The first-order valence-electron chi connectivity index (χ1n) is 4.74. The second-order valence-electron chi connectivity index (χ2n) is 3.43. The molecular weight excluding hydrogens is 168 g/mol. The number of nitrogens with zero attached hydrogens (tertiary/aromatic N) is 1. The topological polar surface area (TPSA) is 15.3 Å². The van der Waals surface area contributed by atoms with E-state index in [-0.39, 0.29) is 0 Å². The van der Waals surface area contributed by atoms with Crippen molar-refractivity contribution in [3.63, 3.8) is 0 Å². The van der Waals surface area contributed by atoms with Gasteiger partial charge < -0.3 is 10.2 Å². The van der Waals surface area contributed by atoms with Crippen LogP contribution in [-0.2, 0) is 0 Å². The average molecular weight is 188 g/mol. The van der Waals surface area contributed by atoms with Gasteiger partial charge in [-0.25, -0.2) is 0 Å². The van der Waals surface area contributed by atoms with Gasteiger partial charge in [0.25, 0.3) is 0 Å². The molecular formula is C9H20N2S. The molecule has 1 N–H and O–H groups in total. The minimum absolute atomic E-state index is 0.669. The van der Waals surface area contributed by atoms with Gasteiger partial charge in [0.1, 0.15) is 0 Å². The molecule has 0 spiro atoms. The summed E-state index contributed by atoms with van der Waals surface area (Å²) in [7, 11) is 4.31. The maximum atomic E-state index is 3.40. The molecule has 0 aliphatic carbocycles. The maximum Gasteiger partial charge on any atom is 0.0336 e. The molecule has 2 atom stereocenters. The van der Waals surface area contributed by atoms with Crippen molar-refractivity contribution in [2.24, 2.45) is 0 Å². The Morgan fingerprint density at radius 3 is 2.92 bits per heavy atom. The Kier molecular flexibility index (Phi) is 4.40. The van der Waals surface area contributed by atoms with Crippen molar-refractivity contribution in [1.82, 2.24) is 10.2 Å². The predicted octanol–water partition coefficient (Wildman–Crippen LogP) is 1.03. The Labute approximate surface area is 80.1 Å². The molecule has 12 heavy (non-hydrogen) atoms. The molecule has 1 aliphatic rings. The fraction of sp³-hybridized carbons (Fsp3) is 1.00. The van der Waals surface area contributed by atoms with Crippen LogP contribution in [0.25, 0.3) is 0 Å². The molecule has 0 radical (unpaired) electrons. The molecule has 0 saturated carbocycles. The van der Waals surface area contributed by atoms with E-state index in [4.69, 9.17) is 0 Å². The number of rotatable bonds is 3. The fourth-order valence-corrected chi connectivity index (χ4v) is 3.11. The molecule has 1 aliphatic heterocycles. The van der Waals surface area contributed by atoms with Gasteiger partial charge in [0, 0.05) is 30.1 Å². The van der Waals surface area contributed by atoms with Gasteiger partial charge in [-0.2, -0.15) is 11.8 Å². The first-order valence-corrected chi connectivity index (χ1v) is 5.90. The van der Waals surface area contributed by atoms with Crippen molar-refractivity contribution in [3.05, 3.63) is 0 Å². The first kappa shape index (κ1) is 10.4. The lowest BCUT2D eigenvalue weighted by atomic mass is 10.1. The molecule has 0 aromatic rings. The standard InChI is InChI=1S/C9H20N2S/c1-4-8(10-2)9-7-12-6-5-11(9)3/h8-10H,4-7H2,1-3H3. The lowest BCUT2D eigenvalue weighted by molar-refractivity contribution is 0.217. The average Bonchev–Trinajstić information content (AvgIpc) is 2.10. The van der Waals surface area contributed by atoms with E-state index in [0.717, 1.165) is 6.04 Å². The van der Waals surface area contributed by atoms with Gasteiger partial charge in [0.05, 0.1) is 0 Å². The van der Waals surface area contributed by atoms with E-state index >= 15 is 0 Å². The smallest absolute Gasteiger partial charge is 0.0336 e. The van der Waals surface area contributed by atoms with Crippen LogP contribution in [0.5, 0.6) is 0 Å². The van der Waals surface area contributed by atoms with E-state index in [9.17, 15) is 0 Å². The van der Waals surface area contributed by atoms with Crippen molar-refractivity contribution >= 4 is 11.8 Å². The van der Waals surface area contributed by atoms with Crippen molar-refractivity contribution < 1.29 is 0 Å². The SMILES string of the molecule is CCC(NC)C1CSCCN1C. The van der Waals surface area contributed by atoms with E-state index in [1.165, 1.54) is 24.5 Å². The number of hydrogen-bond acceptors (Lipinski definition) is 3. The van der Waals surface area contributed by atoms with E-state index in [2.05, 4.69) is 43.0 Å². The van der Waals surface area contributed by atoms with Gasteiger partial charge in [0.15, 0.2) is 0 Å². The van der Waals surface area contributed by atoms with Crippen molar-refractivity contribution in [2.45, 2.75) is 25.4 Å². The lowest BCUT2D eigenvalue weighted by Gasteiger charge is -2.37. The minimum Gasteiger partial charge on any atom is -0.315 e. The summed E-state index contributed by atoms with van der Waals surface area (Å²) < 4.78 is 0. The third-order valence-electron chi connectivity index (χ3n) is 2.72. The van der Waals surface area contributed by atoms with Crippen molar-refractivity contribution in [3.8, 4) is 0 Å². The van der Waals surface area contributed by atoms with Crippen molar-refractivity contribution in [1.29, 1.82) is 0 Å². The minimum atomic E-state index is 0.669. The summed E-state index contributed by atoms with van der Waals surface area (Å²) in [5.41, 5.74) is 0. The quantitative estimate of drug-likeness (QED) is 0.712. The van der Waals surface area contributed by atoms with Crippen LogP contribution in [0.1, 0.15) is 13.3 Å². The molecule has 1 rings (SSSR count). The molecule has 0 aromatic heterocycles. The molecule has 2 nitrogen and oxygen atoms in total. The highest BCUT2D eigenvalue weighted by Gasteiger charge is 2.25. The molecule has 1 saturated heterocycles. The Hall–Kier alpha value is 0.270. The Bertz CT molecular complexity index is 126. The van der Waals surface area contributed by atoms with E-state index < -0.39 is 0 Å². The van der Waals surface area contributed by atoms with Crippen LogP contribution in [0, 0.1) is 0 Å². The van der Waals surface area contributed by atoms with Gasteiger partial charge in [-0.05, 0) is 20.5 Å². The molecule has 0 aromatic carbocycles. The van der Waals surface area contributed by atoms with Crippen LogP contribution in [0.3, 0.4) is 0 Å². The van der Waals surface area contributed by atoms with Gasteiger partial charge >= 0.3 is 0 Å². The largest absolute Gasteiger partial charge is 0.315 e. The summed E-state index contributed by atoms with van der Waals surface area (Å²) in [6.07, 6.45) is 1.23. The zero-order valence-corrected chi connectivity index (χ0v) is 9.16. The van der Waals surface area contributed by atoms with E-state index in [1.807, 2.05) is 0 Å². The monoisotopic (exact) mass is 188 g/mol. The van der Waals surface area contributed by atoms with Crippen LogP contribution in [0.15, 0.2) is 0 Å². The maximum absolute atomic E-state index is 3.40. The summed E-state index contributed by atoms with van der Waals surface area (Å²) in [5, 5.41) is 3.40. The molecule has 0 bridgehead atoms. The second kappa shape index (κ2) is 5.10. The summed E-state index contributed by atoms with van der Waals surface area (Å²) in [4.78, 5) is 2.49. The van der Waals surface area contributed by atoms with Crippen LogP contribution in [0.2, 0.25) is 0 Å². The number of likely N-dealkylation sites (N-methyl/N-ethyl adjacent to an activating group) is 2. The third-order valence-corrected chi connectivity index (χ3v) is 3.77. The van der Waals surface area contributed by atoms with Gasteiger partial charge in [-0.3, -0.25) is 0 Å². The number of hydrogen-bond donors (Lipinski definition) is 1. The molecule has 2 unspecified atom stereocenters. The van der Waals surface area contributed by atoms with Crippen LogP contribution < -0.4 is 5.32 Å². The first-order chi connectivity index (χ1) is 5.79. The van der Waals surface area contributed by atoms with E-state index in [0.29, 0.717) is 6.04 Å². The second-order valence-corrected chi connectivity index (χ2v) is 4.58. The molecule has 1 fully saturated rings. The summed E-state index contributed by atoms with van der Waals surface area (Å²) in [6, 6.07) is 1.40. The van der Waals surface area contributed by atoms with Crippen LogP contribution in [-0.4, -0.2) is 49.1 Å². The van der Waals surface area contributed by atoms with Crippen LogP contribution in [0.4, 0.5) is 0 Å².